The molecule has 0 aliphatic carbocycles. The Kier molecular flexibility index (Phi) is 10.1. The topological polar surface area (TPSA) is 110 Å². The highest BCUT2D eigenvalue weighted by Gasteiger charge is 2.20. The fraction of sp³-hybridized carbons (Fsp3) is 0.529. The first-order valence-corrected chi connectivity index (χ1v) is 11.3. The van der Waals surface area contributed by atoms with Gasteiger partial charge in [0, 0.05) is 11.5 Å². The number of alkyl carbamates (subject to hydrolysis) is 1. The summed E-state index contributed by atoms with van der Waals surface area (Å²) in [4.78, 5) is 23.0. The van der Waals surface area contributed by atoms with Crippen molar-refractivity contribution in [3.8, 4) is 0 Å². The van der Waals surface area contributed by atoms with E-state index in [0.717, 1.165) is 5.56 Å². The van der Waals surface area contributed by atoms with Gasteiger partial charge in [-0.05, 0) is 24.2 Å². The molecule has 1 amide bonds. The first-order chi connectivity index (χ1) is 12.3. The van der Waals surface area contributed by atoms with E-state index >= 15 is 0 Å². The van der Waals surface area contributed by atoms with Gasteiger partial charge >= 0.3 is 12.1 Å². The molecule has 0 bridgehead atoms. The SMILES string of the molecule is CCCS(=O)(=O)CCSCCC(NC(=O)OCc1ccccc1)C(=O)O. The summed E-state index contributed by atoms with van der Waals surface area (Å²) >= 11 is 1.35. The van der Waals surface area contributed by atoms with E-state index in [4.69, 9.17) is 4.74 Å². The highest BCUT2D eigenvalue weighted by molar-refractivity contribution is 8.00. The molecule has 9 heteroatoms. The summed E-state index contributed by atoms with van der Waals surface area (Å²) in [5, 5.41) is 11.5. The molecule has 146 valence electrons. The van der Waals surface area contributed by atoms with Crippen LogP contribution in [0.25, 0.3) is 0 Å². The zero-order chi connectivity index (χ0) is 19.4. The maximum absolute atomic E-state index is 11.7. The molecule has 7 nitrogen and oxygen atoms in total. The van der Waals surface area contributed by atoms with E-state index in [1.165, 1.54) is 11.8 Å². The summed E-state index contributed by atoms with van der Waals surface area (Å²) < 4.78 is 28.2. The van der Waals surface area contributed by atoms with Gasteiger partial charge in [0.25, 0.3) is 0 Å². The smallest absolute Gasteiger partial charge is 0.408 e. The Bertz CT molecular complexity index is 663. The van der Waals surface area contributed by atoms with Crippen molar-refractivity contribution in [3.05, 3.63) is 35.9 Å². The molecule has 0 saturated heterocycles. The minimum Gasteiger partial charge on any atom is -0.480 e. The second-order valence-corrected chi connectivity index (χ2v) is 9.18. The van der Waals surface area contributed by atoms with E-state index in [-0.39, 0.29) is 24.5 Å². The summed E-state index contributed by atoms with van der Waals surface area (Å²) in [6, 6.07) is 7.99. The number of carbonyl (C=O) groups is 2. The molecule has 1 unspecified atom stereocenters. The standard InChI is InChI=1S/C17H25NO6S2/c1-2-11-26(22,23)12-10-25-9-8-15(16(19)20)18-17(21)24-13-14-6-4-3-5-7-14/h3-7,15H,2,8-13H2,1H3,(H,18,21)(H,19,20). The molecule has 0 fully saturated rings. The number of carboxylic acid groups (broad SMARTS) is 1. The predicted octanol–water partition coefficient (Wildman–Crippen LogP) is 2.31. The molecule has 1 aromatic rings. The quantitative estimate of drug-likeness (QED) is 0.515. The zero-order valence-electron chi connectivity index (χ0n) is 14.7. The lowest BCUT2D eigenvalue weighted by Gasteiger charge is -2.14. The van der Waals surface area contributed by atoms with Crippen LogP contribution < -0.4 is 5.32 Å². The lowest BCUT2D eigenvalue weighted by atomic mass is 10.2. The number of nitrogens with one attached hydrogen (secondary N) is 1. The van der Waals surface area contributed by atoms with E-state index in [1.807, 2.05) is 25.1 Å². The molecule has 1 aromatic carbocycles. The minimum atomic E-state index is -3.03. The van der Waals surface area contributed by atoms with Crippen LogP contribution in [0.15, 0.2) is 30.3 Å². The van der Waals surface area contributed by atoms with E-state index < -0.39 is 27.9 Å². The Labute approximate surface area is 158 Å². The zero-order valence-corrected chi connectivity index (χ0v) is 16.4. The predicted molar refractivity (Wildman–Crippen MR) is 102 cm³/mol. The normalized spacial score (nSPS) is 12.3. The van der Waals surface area contributed by atoms with E-state index in [0.29, 0.717) is 17.9 Å². The molecule has 0 saturated carbocycles. The van der Waals surface area contributed by atoms with Crippen LogP contribution >= 0.6 is 11.8 Å². The average molecular weight is 404 g/mol. The molecule has 1 atom stereocenters. The Morgan fingerprint density at radius 1 is 1.19 bits per heavy atom. The Hall–Kier alpha value is -1.74. The Morgan fingerprint density at radius 2 is 1.88 bits per heavy atom. The van der Waals surface area contributed by atoms with Crippen molar-refractivity contribution in [1.29, 1.82) is 0 Å². The number of aliphatic carboxylic acids is 1. The van der Waals surface area contributed by atoms with Gasteiger partial charge in [0.15, 0.2) is 9.84 Å². The van der Waals surface area contributed by atoms with Crippen molar-refractivity contribution in [3.63, 3.8) is 0 Å². The van der Waals surface area contributed by atoms with Crippen LogP contribution in [0, 0.1) is 0 Å². The highest BCUT2D eigenvalue weighted by Crippen LogP contribution is 2.08. The van der Waals surface area contributed by atoms with Gasteiger partial charge in [0.1, 0.15) is 12.6 Å². The molecular formula is C17H25NO6S2. The molecule has 0 aliphatic rings. The van der Waals surface area contributed by atoms with Gasteiger partial charge in [-0.25, -0.2) is 18.0 Å². The van der Waals surface area contributed by atoms with Gasteiger partial charge < -0.3 is 15.2 Å². The van der Waals surface area contributed by atoms with Crippen LogP contribution in [-0.2, 0) is 26.0 Å². The number of hydrogen-bond donors (Lipinski definition) is 2. The molecule has 0 spiro atoms. The van der Waals surface area contributed by atoms with Crippen molar-refractivity contribution in [2.24, 2.45) is 0 Å². The van der Waals surface area contributed by atoms with Crippen LogP contribution in [0.5, 0.6) is 0 Å². The molecule has 0 aliphatic heterocycles. The van der Waals surface area contributed by atoms with Gasteiger partial charge in [0.2, 0.25) is 0 Å². The third-order valence-electron chi connectivity index (χ3n) is 3.41. The third-order valence-corrected chi connectivity index (χ3v) is 6.54. The van der Waals surface area contributed by atoms with Crippen LogP contribution in [0.1, 0.15) is 25.3 Å². The molecule has 2 N–H and O–H groups in total. The fourth-order valence-electron chi connectivity index (χ4n) is 2.07. The first-order valence-electron chi connectivity index (χ1n) is 8.32. The van der Waals surface area contributed by atoms with Crippen LogP contribution in [0.2, 0.25) is 0 Å². The minimum absolute atomic E-state index is 0.0586. The van der Waals surface area contributed by atoms with E-state index in [9.17, 15) is 23.1 Å². The van der Waals surface area contributed by atoms with Crippen molar-refractivity contribution in [2.75, 3.05) is 23.0 Å². The number of carbonyl (C=O) groups excluding carboxylic acids is 1. The number of sulfone groups is 1. The van der Waals surface area contributed by atoms with Crippen molar-refractivity contribution >= 4 is 33.7 Å². The number of benzene rings is 1. The highest BCUT2D eigenvalue weighted by atomic mass is 32.2. The fourth-order valence-corrected chi connectivity index (χ4v) is 4.99. The van der Waals surface area contributed by atoms with E-state index in [1.54, 1.807) is 12.1 Å². The van der Waals surface area contributed by atoms with Gasteiger partial charge in [-0.2, -0.15) is 11.8 Å². The molecular weight excluding hydrogens is 378 g/mol. The van der Waals surface area contributed by atoms with Crippen LogP contribution in [0.3, 0.4) is 0 Å². The molecule has 26 heavy (non-hydrogen) atoms. The Balaban J connectivity index is 2.30. The monoisotopic (exact) mass is 403 g/mol. The van der Waals surface area contributed by atoms with Crippen molar-refractivity contribution < 1.29 is 27.9 Å². The lowest BCUT2D eigenvalue weighted by molar-refractivity contribution is -0.139. The maximum atomic E-state index is 11.7. The van der Waals surface area contributed by atoms with Crippen LogP contribution in [-0.4, -0.2) is 54.6 Å². The number of thioether (sulfide) groups is 1. The summed E-state index contributed by atoms with van der Waals surface area (Å²) in [5.74, 6) is -0.0680. The number of carboxylic acids is 1. The summed E-state index contributed by atoms with van der Waals surface area (Å²) in [6.07, 6.45) is -0.0195. The Morgan fingerprint density at radius 3 is 2.50 bits per heavy atom. The summed E-state index contributed by atoms with van der Waals surface area (Å²) in [7, 11) is -3.03. The molecule has 0 heterocycles. The summed E-state index contributed by atoms with van der Waals surface area (Å²) in [5.41, 5.74) is 0.804. The van der Waals surface area contributed by atoms with Gasteiger partial charge in [-0.1, -0.05) is 37.3 Å². The molecule has 0 aromatic heterocycles. The van der Waals surface area contributed by atoms with Gasteiger partial charge in [-0.3, -0.25) is 0 Å². The summed E-state index contributed by atoms with van der Waals surface area (Å²) in [6.45, 7) is 1.87. The number of amides is 1. The van der Waals surface area contributed by atoms with E-state index in [2.05, 4.69) is 5.32 Å². The molecule has 1 rings (SSSR count). The first kappa shape index (κ1) is 22.3. The van der Waals surface area contributed by atoms with Crippen molar-refractivity contribution in [1.82, 2.24) is 5.32 Å². The number of hydrogen-bond acceptors (Lipinski definition) is 6. The lowest BCUT2D eigenvalue weighted by Crippen LogP contribution is -2.41. The third kappa shape index (κ3) is 9.67. The van der Waals surface area contributed by atoms with Crippen LogP contribution in [0.4, 0.5) is 4.79 Å². The second-order valence-electron chi connectivity index (χ2n) is 5.65. The average Bonchev–Trinajstić information content (AvgIpc) is 2.59. The number of rotatable bonds is 12. The number of ether oxygens (including phenoxy) is 1. The largest absolute Gasteiger partial charge is 0.480 e. The molecule has 0 radical (unpaired) electrons. The second kappa shape index (κ2) is 11.8. The van der Waals surface area contributed by atoms with Gasteiger partial charge in [0.05, 0.1) is 5.75 Å². The maximum Gasteiger partial charge on any atom is 0.408 e. The van der Waals surface area contributed by atoms with Gasteiger partial charge in [-0.15, -0.1) is 0 Å². The van der Waals surface area contributed by atoms with Crippen molar-refractivity contribution in [2.45, 2.75) is 32.4 Å².